The third kappa shape index (κ3) is 6.65. The number of nitrogens with zero attached hydrogens (tertiary/aromatic N) is 3. The molecule has 28 heavy (non-hydrogen) atoms. The smallest absolute Gasteiger partial charge is 0.228 e. The standard InChI is InChI=1S/C20H29N5O2.HI/c1-14-8-9-16(18(12-14)26-17-6-4-5-7-17)13-23-20(21-3)22-11-10-19-24-15(2)25-27-19;/h8-9,12,17H,4-7,10-11,13H2,1-3H3,(H2,21,22,23);1H. The van der Waals surface area contributed by atoms with Crippen LogP contribution in [0.5, 0.6) is 5.75 Å². The Morgan fingerprint density at radius 3 is 2.71 bits per heavy atom. The van der Waals surface area contributed by atoms with Crippen molar-refractivity contribution in [1.82, 2.24) is 20.8 Å². The van der Waals surface area contributed by atoms with E-state index < -0.39 is 0 Å². The fourth-order valence-corrected chi connectivity index (χ4v) is 3.23. The molecule has 2 aromatic rings. The maximum absolute atomic E-state index is 6.27. The van der Waals surface area contributed by atoms with Crippen LogP contribution in [0.3, 0.4) is 0 Å². The van der Waals surface area contributed by atoms with Crippen LogP contribution in [0.1, 0.15) is 48.5 Å². The summed E-state index contributed by atoms with van der Waals surface area (Å²) in [5.74, 6) is 2.99. The summed E-state index contributed by atoms with van der Waals surface area (Å²) in [6.07, 6.45) is 5.83. The van der Waals surface area contributed by atoms with Gasteiger partial charge < -0.3 is 19.9 Å². The third-order valence-electron chi connectivity index (χ3n) is 4.69. The molecule has 1 aliphatic carbocycles. The van der Waals surface area contributed by atoms with Crippen molar-refractivity contribution in [2.75, 3.05) is 13.6 Å². The Kier molecular flexibility index (Phi) is 9.01. The van der Waals surface area contributed by atoms with Crippen molar-refractivity contribution in [2.24, 2.45) is 4.99 Å². The molecule has 1 aromatic heterocycles. The molecule has 1 heterocycles. The highest BCUT2D eigenvalue weighted by molar-refractivity contribution is 14.0. The molecule has 154 valence electrons. The summed E-state index contributed by atoms with van der Waals surface area (Å²) in [5.41, 5.74) is 2.35. The lowest BCUT2D eigenvalue weighted by Crippen LogP contribution is -2.38. The molecule has 2 N–H and O–H groups in total. The van der Waals surface area contributed by atoms with E-state index in [2.05, 4.69) is 50.9 Å². The minimum absolute atomic E-state index is 0. The van der Waals surface area contributed by atoms with E-state index in [-0.39, 0.29) is 24.0 Å². The molecular formula is C20H30IN5O2. The minimum Gasteiger partial charge on any atom is -0.490 e. The van der Waals surface area contributed by atoms with Crippen molar-refractivity contribution in [3.8, 4) is 5.75 Å². The molecule has 3 rings (SSSR count). The third-order valence-corrected chi connectivity index (χ3v) is 4.69. The van der Waals surface area contributed by atoms with Gasteiger partial charge in [-0.05, 0) is 51.2 Å². The zero-order valence-electron chi connectivity index (χ0n) is 16.8. The van der Waals surface area contributed by atoms with Crippen molar-refractivity contribution in [1.29, 1.82) is 0 Å². The van der Waals surface area contributed by atoms with Crippen LogP contribution >= 0.6 is 24.0 Å². The first-order valence-corrected chi connectivity index (χ1v) is 9.64. The number of nitrogens with one attached hydrogen (secondary N) is 2. The Hall–Kier alpha value is -1.84. The number of halogens is 1. The molecule has 1 fully saturated rings. The molecule has 8 heteroatoms. The maximum Gasteiger partial charge on any atom is 0.228 e. The first-order chi connectivity index (χ1) is 13.1. The lowest BCUT2D eigenvalue weighted by atomic mass is 10.1. The molecule has 0 atom stereocenters. The molecule has 0 radical (unpaired) electrons. The highest BCUT2D eigenvalue weighted by Gasteiger charge is 2.18. The van der Waals surface area contributed by atoms with Gasteiger partial charge in [-0.2, -0.15) is 4.98 Å². The summed E-state index contributed by atoms with van der Waals surface area (Å²) in [6.45, 7) is 5.23. The number of guanidine groups is 1. The van der Waals surface area contributed by atoms with Crippen LogP contribution in [0, 0.1) is 13.8 Å². The van der Waals surface area contributed by atoms with Gasteiger partial charge in [-0.15, -0.1) is 24.0 Å². The van der Waals surface area contributed by atoms with Crippen molar-refractivity contribution < 1.29 is 9.26 Å². The number of hydrogen-bond donors (Lipinski definition) is 2. The lowest BCUT2D eigenvalue weighted by molar-refractivity contribution is 0.207. The predicted octanol–water partition coefficient (Wildman–Crippen LogP) is 3.53. The predicted molar refractivity (Wildman–Crippen MR) is 120 cm³/mol. The summed E-state index contributed by atoms with van der Waals surface area (Å²) >= 11 is 0. The zero-order valence-corrected chi connectivity index (χ0v) is 19.2. The normalized spacial score (nSPS) is 14.6. The van der Waals surface area contributed by atoms with Gasteiger partial charge in [0.25, 0.3) is 0 Å². The molecular weight excluding hydrogens is 469 g/mol. The molecule has 1 aromatic carbocycles. The van der Waals surface area contributed by atoms with E-state index in [0.717, 1.165) is 30.1 Å². The summed E-state index contributed by atoms with van der Waals surface area (Å²) in [4.78, 5) is 8.48. The maximum atomic E-state index is 6.27. The number of hydrogen-bond acceptors (Lipinski definition) is 5. The quantitative estimate of drug-likeness (QED) is 0.345. The van der Waals surface area contributed by atoms with Gasteiger partial charge in [-0.25, -0.2) is 0 Å². The van der Waals surface area contributed by atoms with Gasteiger partial charge in [0, 0.05) is 32.1 Å². The lowest BCUT2D eigenvalue weighted by Gasteiger charge is -2.18. The fourth-order valence-electron chi connectivity index (χ4n) is 3.23. The number of rotatable bonds is 7. The molecule has 0 amide bonds. The molecule has 1 aliphatic rings. The van der Waals surface area contributed by atoms with Gasteiger partial charge in [0.2, 0.25) is 5.89 Å². The van der Waals surface area contributed by atoms with E-state index in [4.69, 9.17) is 9.26 Å². The summed E-state index contributed by atoms with van der Waals surface area (Å²) in [7, 11) is 1.76. The Labute approximate surface area is 183 Å². The second kappa shape index (κ2) is 11.2. The Morgan fingerprint density at radius 2 is 2.04 bits per heavy atom. The molecule has 0 unspecified atom stereocenters. The molecule has 0 aliphatic heterocycles. The topological polar surface area (TPSA) is 84.6 Å². The number of benzene rings is 1. The van der Waals surface area contributed by atoms with Crippen LogP contribution in [0.15, 0.2) is 27.7 Å². The van der Waals surface area contributed by atoms with E-state index in [0.29, 0.717) is 37.3 Å². The SMILES string of the molecule is CN=C(NCCc1nc(C)no1)NCc1ccc(C)cc1OC1CCCC1.I. The summed E-state index contributed by atoms with van der Waals surface area (Å²) < 4.78 is 11.4. The highest BCUT2D eigenvalue weighted by atomic mass is 127. The van der Waals surface area contributed by atoms with Gasteiger partial charge in [-0.3, -0.25) is 4.99 Å². The van der Waals surface area contributed by atoms with E-state index in [9.17, 15) is 0 Å². The van der Waals surface area contributed by atoms with Crippen molar-refractivity contribution in [3.05, 3.63) is 41.0 Å². The fraction of sp³-hybridized carbons (Fsp3) is 0.550. The Bertz CT molecular complexity index is 772. The van der Waals surface area contributed by atoms with Gasteiger partial charge in [0.1, 0.15) is 5.75 Å². The van der Waals surface area contributed by atoms with E-state index in [1.165, 1.54) is 18.4 Å². The van der Waals surface area contributed by atoms with Gasteiger partial charge in [0.15, 0.2) is 11.8 Å². The van der Waals surface area contributed by atoms with Crippen LogP contribution in [0.25, 0.3) is 0 Å². The van der Waals surface area contributed by atoms with Crippen LogP contribution in [-0.4, -0.2) is 35.8 Å². The van der Waals surface area contributed by atoms with E-state index in [1.54, 1.807) is 7.05 Å². The van der Waals surface area contributed by atoms with Crippen LogP contribution in [0.4, 0.5) is 0 Å². The molecule has 1 saturated carbocycles. The zero-order chi connectivity index (χ0) is 19.1. The molecule has 0 spiro atoms. The number of aliphatic imine (C=N–C) groups is 1. The van der Waals surface area contributed by atoms with Crippen LogP contribution < -0.4 is 15.4 Å². The van der Waals surface area contributed by atoms with Gasteiger partial charge >= 0.3 is 0 Å². The average Bonchev–Trinajstić information content (AvgIpc) is 3.31. The molecule has 7 nitrogen and oxygen atoms in total. The van der Waals surface area contributed by atoms with E-state index >= 15 is 0 Å². The summed E-state index contributed by atoms with van der Waals surface area (Å²) in [6, 6.07) is 6.37. The Balaban J connectivity index is 0.00000280. The first kappa shape index (κ1) is 22.4. The van der Waals surface area contributed by atoms with Gasteiger partial charge in [-0.1, -0.05) is 17.3 Å². The minimum atomic E-state index is 0. The van der Waals surface area contributed by atoms with Crippen LogP contribution in [0.2, 0.25) is 0 Å². The van der Waals surface area contributed by atoms with Crippen molar-refractivity contribution in [2.45, 2.75) is 58.6 Å². The number of aryl methyl sites for hydroxylation is 2. The summed E-state index contributed by atoms with van der Waals surface area (Å²) in [5, 5.41) is 10.4. The van der Waals surface area contributed by atoms with E-state index in [1.807, 2.05) is 6.92 Å². The first-order valence-electron chi connectivity index (χ1n) is 9.64. The number of ether oxygens (including phenoxy) is 1. The number of aromatic nitrogens is 2. The largest absolute Gasteiger partial charge is 0.490 e. The average molecular weight is 499 g/mol. The van der Waals surface area contributed by atoms with Gasteiger partial charge in [0.05, 0.1) is 6.10 Å². The second-order valence-corrected chi connectivity index (χ2v) is 6.97. The monoisotopic (exact) mass is 499 g/mol. The van der Waals surface area contributed by atoms with Crippen molar-refractivity contribution >= 4 is 29.9 Å². The second-order valence-electron chi connectivity index (χ2n) is 6.97. The Morgan fingerprint density at radius 1 is 1.25 bits per heavy atom. The van der Waals surface area contributed by atoms with Crippen molar-refractivity contribution in [3.63, 3.8) is 0 Å². The molecule has 0 bridgehead atoms. The highest BCUT2D eigenvalue weighted by Crippen LogP contribution is 2.27. The molecule has 0 saturated heterocycles. The van der Waals surface area contributed by atoms with Crippen LogP contribution in [-0.2, 0) is 13.0 Å².